The van der Waals surface area contributed by atoms with E-state index in [0.717, 1.165) is 5.56 Å². The Kier molecular flexibility index (Phi) is 4.52. The maximum absolute atomic E-state index is 9.72. The Bertz CT molecular complexity index is 302. The highest BCUT2D eigenvalue weighted by Gasteiger charge is 2.06. The predicted molar refractivity (Wildman–Crippen MR) is 61.5 cm³/mol. The minimum absolute atomic E-state index is 0.380. The first-order valence-electron chi connectivity index (χ1n) is 5.20. The summed E-state index contributed by atoms with van der Waals surface area (Å²) in [5, 5.41) is 12.9. The minimum atomic E-state index is -0.380. The summed E-state index contributed by atoms with van der Waals surface area (Å²) in [5.41, 5.74) is 6.56. The fraction of sp³-hybridized carbons (Fsp3) is 0.545. The average Bonchev–Trinajstić information content (AvgIpc) is 2.15. The van der Waals surface area contributed by atoms with Gasteiger partial charge in [0.05, 0.1) is 6.10 Å². The van der Waals surface area contributed by atoms with Crippen LogP contribution in [-0.2, 0) is 6.42 Å². The molecule has 1 atom stereocenters. The number of nitrogens with two attached hydrogens (primary N) is 1. The number of pyridine rings is 1. The maximum atomic E-state index is 9.72. The second-order valence-corrected chi connectivity index (χ2v) is 4.01. The number of hydrogen-bond acceptors (Lipinski definition) is 4. The van der Waals surface area contributed by atoms with E-state index in [-0.39, 0.29) is 6.10 Å². The summed E-state index contributed by atoms with van der Waals surface area (Å²) in [6, 6.07) is 4.05. The molecule has 0 saturated carbocycles. The largest absolute Gasteiger partial charge is 0.391 e. The Morgan fingerprint density at radius 2 is 2.27 bits per heavy atom. The highest BCUT2D eigenvalue weighted by atomic mass is 16.3. The molecule has 1 heterocycles. The molecular formula is C11H19N3O. The number of nitrogens with one attached hydrogen (secondary N) is 1. The van der Waals surface area contributed by atoms with Crippen molar-refractivity contribution >= 4 is 5.82 Å². The number of nitrogen functional groups attached to an aromatic ring is 1. The van der Waals surface area contributed by atoms with Gasteiger partial charge in [0.1, 0.15) is 5.82 Å². The highest BCUT2D eigenvalue weighted by molar-refractivity contribution is 5.32. The molecule has 1 aromatic rings. The van der Waals surface area contributed by atoms with Crippen molar-refractivity contribution < 1.29 is 5.11 Å². The number of rotatable bonds is 5. The zero-order chi connectivity index (χ0) is 11.3. The van der Waals surface area contributed by atoms with Gasteiger partial charge in [-0.1, -0.05) is 13.8 Å². The SMILES string of the molecule is CC(C)NCC(O)Cc1ccnc(N)c1. The van der Waals surface area contributed by atoms with Crippen LogP contribution in [0.4, 0.5) is 5.82 Å². The second kappa shape index (κ2) is 5.68. The van der Waals surface area contributed by atoms with E-state index in [4.69, 9.17) is 5.73 Å². The third-order valence-corrected chi connectivity index (χ3v) is 2.08. The average molecular weight is 209 g/mol. The number of aliphatic hydroxyl groups excluding tert-OH is 1. The molecule has 0 bridgehead atoms. The summed E-state index contributed by atoms with van der Waals surface area (Å²) in [6.45, 7) is 4.70. The zero-order valence-electron chi connectivity index (χ0n) is 9.27. The van der Waals surface area contributed by atoms with Gasteiger partial charge in [0.25, 0.3) is 0 Å². The van der Waals surface area contributed by atoms with Gasteiger partial charge in [0, 0.05) is 18.8 Å². The molecule has 0 spiro atoms. The molecule has 4 heteroatoms. The molecule has 0 fully saturated rings. The molecule has 15 heavy (non-hydrogen) atoms. The van der Waals surface area contributed by atoms with Crippen LogP contribution in [-0.4, -0.2) is 28.8 Å². The quantitative estimate of drug-likeness (QED) is 0.663. The van der Waals surface area contributed by atoms with Gasteiger partial charge in [-0.3, -0.25) is 0 Å². The van der Waals surface area contributed by atoms with Gasteiger partial charge in [-0.2, -0.15) is 0 Å². The molecule has 0 radical (unpaired) electrons. The van der Waals surface area contributed by atoms with E-state index >= 15 is 0 Å². The van der Waals surface area contributed by atoms with Crippen molar-refractivity contribution in [1.29, 1.82) is 0 Å². The van der Waals surface area contributed by atoms with Crippen molar-refractivity contribution in [2.24, 2.45) is 0 Å². The van der Waals surface area contributed by atoms with Crippen LogP contribution in [0.25, 0.3) is 0 Å². The lowest BCUT2D eigenvalue weighted by atomic mass is 10.1. The van der Waals surface area contributed by atoms with Gasteiger partial charge in [-0.05, 0) is 24.1 Å². The Morgan fingerprint density at radius 1 is 1.53 bits per heavy atom. The molecule has 0 aliphatic carbocycles. The standard InChI is InChI=1S/C11H19N3O/c1-8(2)14-7-10(15)5-9-3-4-13-11(12)6-9/h3-4,6,8,10,14-15H,5,7H2,1-2H3,(H2,12,13). The molecular weight excluding hydrogens is 190 g/mol. The lowest BCUT2D eigenvalue weighted by Crippen LogP contribution is -2.33. The second-order valence-electron chi connectivity index (χ2n) is 4.01. The first kappa shape index (κ1) is 11.9. The van der Waals surface area contributed by atoms with E-state index in [1.54, 1.807) is 12.3 Å². The number of nitrogens with zero attached hydrogens (tertiary/aromatic N) is 1. The monoisotopic (exact) mass is 209 g/mol. The topological polar surface area (TPSA) is 71.2 Å². The molecule has 1 aromatic heterocycles. The number of aliphatic hydroxyl groups is 1. The summed E-state index contributed by atoms with van der Waals surface area (Å²) in [6.07, 6.45) is 1.88. The van der Waals surface area contributed by atoms with E-state index in [2.05, 4.69) is 24.1 Å². The Hall–Kier alpha value is -1.13. The van der Waals surface area contributed by atoms with Crippen LogP contribution in [0.15, 0.2) is 18.3 Å². The van der Waals surface area contributed by atoms with E-state index in [0.29, 0.717) is 24.8 Å². The van der Waals surface area contributed by atoms with Crippen molar-refractivity contribution in [3.8, 4) is 0 Å². The third-order valence-electron chi connectivity index (χ3n) is 2.08. The van der Waals surface area contributed by atoms with E-state index in [1.807, 2.05) is 6.07 Å². The summed E-state index contributed by atoms with van der Waals surface area (Å²) in [4.78, 5) is 3.90. The smallest absolute Gasteiger partial charge is 0.123 e. The first-order chi connectivity index (χ1) is 7.08. The van der Waals surface area contributed by atoms with Gasteiger partial charge in [0.15, 0.2) is 0 Å². The van der Waals surface area contributed by atoms with Crippen molar-refractivity contribution in [3.63, 3.8) is 0 Å². The first-order valence-corrected chi connectivity index (χ1v) is 5.20. The normalized spacial score (nSPS) is 13.1. The van der Waals surface area contributed by atoms with Crippen molar-refractivity contribution in [2.75, 3.05) is 12.3 Å². The maximum Gasteiger partial charge on any atom is 0.123 e. The van der Waals surface area contributed by atoms with Crippen LogP contribution in [0.3, 0.4) is 0 Å². The van der Waals surface area contributed by atoms with Gasteiger partial charge in [0.2, 0.25) is 0 Å². The van der Waals surface area contributed by atoms with Crippen LogP contribution in [0.5, 0.6) is 0 Å². The zero-order valence-corrected chi connectivity index (χ0v) is 9.27. The molecule has 84 valence electrons. The van der Waals surface area contributed by atoms with Crippen LogP contribution < -0.4 is 11.1 Å². The number of anilines is 1. The lowest BCUT2D eigenvalue weighted by molar-refractivity contribution is 0.169. The number of hydrogen-bond donors (Lipinski definition) is 3. The molecule has 0 amide bonds. The molecule has 0 saturated heterocycles. The molecule has 1 rings (SSSR count). The number of aromatic nitrogens is 1. The van der Waals surface area contributed by atoms with Crippen molar-refractivity contribution in [2.45, 2.75) is 32.4 Å². The Labute approximate surface area is 90.5 Å². The highest BCUT2D eigenvalue weighted by Crippen LogP contribution is 2.05. The third kappa shape index (κ3) is 4.76. The fourth-order valence-electron chi connectivity index (χ4n) is 1.34. The van der Waals surface area contributed by atoms with Crippen molar-refractivity contribution in [1.82, 2.24) is 10.3 Å². The van der Waals surface area contributed by atoms with Gasteiger partial charge >= 0.3 is 0 Å². The van der Waals surface area contributed by atoms with Crippen LogP contribution in [0.1, 0.15) is 19.4 Å². The van der Waals surface area contributed by atoms with E-state index in [9.17, 15) is 5.11 Å². The van der Waals surface area contributed by atoms with E-state index < -0.39 is 0 Å². The van der Waals surface area contributed by atoms with E-state index in [1.165, 1.54) is 0 Å². The predicted octanol–water partition coefficient (Wildman–Crippen LogP) is 0.565. The Morgan fingerprint density at radius 3 is 2.87 bits per heavy atom. The molecule has 4 nitrogen and oxygen atoms in total. The molecule has 0 aliphatic heterocycles. The van der Waals surface area contributed by atoms with Gasteiger partial charge in [-0.25, -0.2) is 4.98 Å². The summed E-state index contributed by atoms with van der Waals surface area (Å²) in [5.74, 6) is 0.497. The summed E-state index contributed by atoms with van der Waals surface area (Å²) < 4.78 is 0. The minimum Gasteiger partial charge on any atom is -0.391 e. The van der Waals surface area contributed by atoms with Crippen LogP contribution in [0.2, 0.25) is 0 Å². The summed E-state index contributed by atoms with van der Waals surface area (Å²) >= 11 is 0. The molecule has 1 unspecified atom stereocenters. The molecule has 0 aliphatic rings. The fourth-order valence-corrected chi connectivity index (χ4v) is 1.34. The van der Waals surface area contributed by atoms with Crippen molar-refractivity contribution in [3.05, 3.63) is 23.9 Å². The lowest BCUT2D eigenvalue weighted by Gasteiger charge is -2.14. The molecule has 4 N–H and O–H groups in total. The summed E-state index contributed by atoms with van der Waals surface area (Å²) in [7, 11) is 0. The Balaban J connectivity index is 2.40. The van der Waals surface area contributed by atoms with Crippen LogP contribution >= 0.6 is 0 Å². The van der Waals surface area contributed by atoms with Crippen LogP contribution in [0, 0.1) is 0 Å². The van der Waals surface area contributed by atoms with Gasteiger partial charge in [-0.15, -0.1) is 0 Å². The molecule has 0 aromatic carbocycles. The van der Waals surface area contributed by atoms with Gasteiger partial charge < -0.3 is 16.2 Å².